The van der Waals surface area contributed by atoms with Gasteiger partial charge in [0.15, 0.2) is 0 Å². The van der Waals surface area contributed by atoms with Gasteiger partial charge in [0.2, 0.25) is 0 Å². The molecule has 0 spiro atoms. The fraction of sp³-hybridized carbons (Fsp3) is 0.750. The Morgan fingerprint density at radius 2 is 1.30 bits per heavy atom. The predicted molar refractivity (Wildman–Crippen MR) is 79.3 cm³/mol. The van der Waals surface area contributed by atoms with E-state index >= 15 is 0 Å². The Kier molecular flexibility index (Phi) is 10.7. The van der Waals surface area contributed by atoms with Crippen LogP contribution in [-0.4, -0.2) is 25.2 Å². The number of rotatable bonds is 10. The molecule has 0 bridgehead atoms. The third-order valence-electron chi connectivity index (χ3n) is 3.04. The second-order valence-electron chi connectivity index (χ2n) is 4.56. The highest BCUT2D eigenvalue weighted by molar-refractivity contribution is 6.00. The molecule has 0 N–H and O–H groups in total. The second kappa shape index (κ2) is 11.5. The van der Waals surface area contributed by atoms with Crippen LogP contribution in [0.1, 0.15) is 66.2 Å². The fourth-order valence-corrected chi connectivity index (χ4v) is 2.02. The highest BCUT2D eigenvalue weighted by Gasteiger charge is 2.21. The van der Waals surface area contributed by atoms with Crippen LogP contribution >= 0.6 is 0 Å². The molecule has 0 aliphatic rings. The predicted octanol–water partition coefficient (Wildman–Crippen LogP) is 3.79. The first-order valence-electron chi connectivity index (χ1n) is 7.68. The molecule has 0 saturated heterocycles. The largest absolute Gasteiger partial charge is 0.463 e. The maximum absolute atomic E-state index is 12.0. The lowest BCUT2D eigenvalue weighted by Gasteiger charge is -2.12. The third kappa shape index (κ3) is 6.73. The molecule has 4 heteroatoms. The molecule has 0 aliphatic heterocycles. The molecule has 0 rings (SSSR count). The monoisotopic (exact) mass is 284 g/mol. The van der Waals surface area contributed by atoms with Crippen LogP contribution in [0.15, 0.2) is 11.1 Å². The van der Waals surface area contributed by atoms with Gasteiger partial charge in [-0.15, -0.1) is 0 Å². The van der Waals surface area contributed by atoms with E-state index in [9.17, 15) is 9.59 Å². The first-order valence-corrected chi connectivity index (χ1v) is 7.68. The van der Waals surface area contributed by atoms with E-state index in [0.717, 1.165) is 25.7 Å². The van der Waals surface area contributed by atoms with Gasteiger partial charge in [-0.05, 0) is 33.1 Å². The van der Waals surface area contributed by atoms with Crippen LogP contribution in [0, 0.1) is 0 Å². The smallest absolute Gasteiger partial charge is 0.334 e. The Bertz CT molecular complexity index is 331. The number of carbonyl (C=O) groups excluding carboxylic acids is 2. The molecule has 0 radical (unpaired) electrons. The van der Waals surface area contributed by atoms with Gasteiger partial charge < -0.3 is 9.47 Å². The summed E-state index contributed by atoms with van der Waals surface area (Å²) in [5, 5.41) is 0. The van der Waals surface area contributed by atoms with Gasteiger partial charge >= 0.3 is 11.9 Å². The molecule has 116 valence electrons. The van der Waals surface area contributed by atoms with Crippen molar-refractivity contribution in [1.82, 2.24) is 0 Å². The number of hydrogen-bond donors (Lipinski definition) is 0. The Hall–Kier alpha value is -1.32. The van der Waals surface area contributed by atoms with E-state index in [1.807, 2.05) is 6.92 Å². The van der Waals surface area contributed by atoms with Gasteiger partial charge in [-0.25, -0.2) is 9.59 Å². The number of ether oxygens (including phenoxy) is 2. The SMILES string of the molecule is CCCCCCC(C(=O)OCC)=C(CC)C(=O)OCC. The maximum atomic E-state index is 12.0. The van der Waals surface area contributed by atoms with Gasteiger partial charge in [0, 0.05) is 11.1 Å². The van der Waals surface area contributed by atoms with Crippen molar-refractivity contribution in [3.05, 3.63) is 11.1 Å². The van der Waals surface area contributed by atoms with Crippen molar-refractivity contribution in [2.24, 2.45) is 0 Å². The quantitative estimate of drug-likeness (QED) is 0.348. The Balaban J connectivity index is 5.01. The Morgan fingerprint density at radius 1 is 0.750 bits per heavy atom. The van der Waals surface area contributed by atoms with Crippen molar-refractivity contribution in [3.63, 3.8) is 0 Å². The van der Waals surface area contributed by atoms with Gasteiger partial charge in [0.1, 0.15) is 0 Å². The van der Waals surface area contributed by atoms with Crippen LogP contribution in [0.25, 0.3) is 0 Å². The van der Waals surface area contributed by atoms with Crippen molar-refractivity contribution < 1.29 is 19.1 Å². The maximum Gasteiger partial charge on any atom is 0.334 e. The van der Waals surface area contributed by atoms with Crippen LogP contribution < -0.4 is 0 Å². The average molecular weight is 284 g/mol. The van der Waals surface area contributed by atoms with Gasteiger partial charge in [0.25, 0.3) is 0 Å². The normalized spacial score (nSPS) is 11.8. The van der Waals surface area contributed by atoms with Crippen molar-refractivity contribution in [2.45, 2.75) is 66.2 Å². The van der Waals surface area contributed by atoms with Crippen molar-refractivity contribution in [2.75, 3.05) is 13.2 Å². The van der Waals surface area contributed by atoms with Gasteiger partial charge in [0.05, 0.1) is 13.2 Å². The van der Waals surface area contributed by atoms with Gasteiger partial charge in [-0.1, -0.05) is 33.1 Å². The molecule has 0 fully saturated rings. The molecular formula is C16H28O4. The zero-order valence-corrected chi connectivity index (χ0v) is 13.3. The number of hydrogen-bond acceptors (Lipinski definition) is 4. The van der Waals surface area contributed by atoms with E-state index in [2.05, 4.69) is 6.92 Å². The molecule has 0 aliphatic carbocycles. The lowest BCUT2D eigenvalue weighted by molar-refractivity contribution is -0.142. The molecule has 0 saturated carbocycles. The van der Waals surface area contributed by atoms with Crippen LogP contribution in [0.3, 0.4) is 0 Å². The summed E-state index contributed by atoms with van der Waals surface area (Å²) >= 11 is 0. The van der Waals surface area contributed by atoms with Crippen molar-refractivity contribution in [3.8, 4) is 0 Å². The lowest BCUT2D eigenvalue weighted by atomic mass is 9.99. The zero-order chi connectivity index (χ0) is 15.4. The van der Waals surface area contributed by atoms with E-state index in [4.69, 9.17) is 9.47 Å². The van der Waals surface area contributed by atoms with E-state index in [1.54, 1.807) is 13.8 Å². The summed E-state index contributed by atoms with van der Waals surface area (Å²) in [7, 11) is 0. The molecule has 0 aromatic heterocycles. The van der Waals surface area contributed by atoms with Crippen molar-refractivity contribution in [1.29, 1.82) is 0 Å². The van der Waals surface area contributed by atoms with E-state index in [0.29, 0.717) is 37.2 Å². The Labute approximate surface area is 122 Å². The lowest BCUT2D eigenvalue weighted by Crippen LogP contribution is -2.16. The minimum atomic E-state index is -0.395. The van der Waals surface area contributed by atoms with Crippen LogP contribution in [-0.2, 0) is 19.1 Å². The second-order valence-corrected chi connectivity index (χ2v) is 4.56. The summed E-state index contributed by atoms with van der Waals surface area (Å²) in [5.74, 6) is -0.776. The summed E-state index contributed by atoms with van der Waals surface area (Å²) < 4.78 is 10.1. The van der Waals surface area contributed by atoms with E-state index < -0.39 is 5.97 Å². The van der Waals surface area contributed by atoms with E-state index in [1.165, 1.54) is 0 Å². The number of carbonyl (C=O) groups is 2. The highest BCUT2D eigenvalue weighted by Crippen LogP contribution is 2.19. The van der Waals surface area contributed by atoms with Crippen LogP contribution in [0.4, 0.5) is 0 Å². The first-order chi connectivity index (χ1) is 9.62. The average Bonchev–Trinajstić information content (AvgIpc) is 2.42. The first kappa shape index (κ1) is 18.7. The van der Waals surface area contributed by atoms with Gasteiger partial charge in [-0.3, -0.25) is 0 Å². The molecule has 4 nitrogen and oxygen atoms in total. The minimum Gasteiger partial charge on any atom is -0.463 e. The molecule has 0 heterocycles. The summed E-state index contributed by atoms with van der Waals surface area (Å²) in [5.41, 5.74) is 0.950. The summed E-state index contributed by atoms with van der Waals surface area (Å²) in [6.45, 7) is 8.15. The molecule has 0 atom stereocenters. The number of unbranched alkanes of at least 4 members (excludes halogenated alkanes) is 3. The van der Waals surface area contributed by atoms with Gasteiger partial charge in [-0.2, -0.15) is 0 Å². The standard InChI is InChI=1S/C16H28O4/c1-5-9-10-11-12-14(16(18)20-8-4)13(6-2)15(17)19-7-3/h5-12H2,1-4H3. The van der Waals surface area contributed by atoms with E-state index in [-0.39, 0.29) is 5.97 Å². The summed E-state index contributed by atoms with van der Waals surface area (Å²) in [4.78, 5) is 24.0. The van der Waals surface area contributed by atoms with Crippen LogP contribution in [0.2, 0.25) is 0 Å². The molecule has 0 aromatic rings. The molecule has 20 heavy (non-hydrogen) atoms. The molecular weight excluding hydrogens is 256 g/mol. The van der Waals surface area contributed by atoms with Crippen LogP contribution in [0.5, 0.6) is 0 Å². The number of esters is 2. The molecule has 0 unspecified atom stereocenters. The van der Waals surface area contributed by atoms with Crippen molar-refractivity contribution >= 4 is 11.9 Å². The molecule has 0 amide bonds. The zero-order valence-electron chi connectivity index (χ0n) is 13.3. The molecule has 0 aromatic carbocycles. The summed E-state index contributed by atoms with van der Waals surface area (Å²) in [6.07, 6.45) is 5.29. The Morgan fingerprint density at radius 3 is 1.75 bits per heavy atom. The topological polar surface area (TPSA) is 52.6 Å². The minimum absolute atomic E-state index is 0.314. The highest BCUT2D eigenvalue weighted by atomic mass is 16.5. The third-order valence-corrected chi connectivity index (χ3v) is 3.04. The fourth-order valence-electron chi connectivity index (χ4n) is 2.02. The summed E-state index contributed by atoms with van der Waals surface area (Å²) in [6, 6.07) is 0.